The third-order valence-corrected chi connectivity index (χ3v) is 2.75. The van der Waals surface area contributed by atoms with Crippen molar-refractivity contribution in [3.05, 3.63) is 29.3 Å². The van der Waals surface area contributed by atoms with Crippen LogP contribution in [0.4, 0.5) is 0 Å². The number of nitrogens with one attached hydrogen (secondary N) is 2. The molecule has 1 aromatic rings. The summed E-state index contributed by atoms with van der Waals surface area (Å²) in [7, 11) is -4.92. The van der Waals surface area contributed by atoms with E-state index in [0.717, 1.165) is 13.0 Å². The highest BCUT2D eigenvalue weighted by Crippen LogP contribution is 2.15. The van der Waals surface area contributed by atoms with Crippen LogP contribution in [-0.2, 0) is 10.4 Å². The van der Waals surface area contributed by atoms with Gasteiger partial charge in [-0.25, -0.2) is 8.42 Å². The number of hydrogen-bond donors (Lipinski definition) is 6. The van der Waals surface area contributed by atoms with Crippen molar-refractivity contribution in [1.82, 2.24) is 5.32 Å². The van der Waals surface area contributed by atoms with Crippen molar-refractivity contribution >= 4 is 28.0 Å². The number of rotatable bonds is 9. The van der Waals surface area contributed by atoms with E-state index in [9.17, 15) is 5.11 Å². The zero-order valence-electron chi connectivity index (χ0n) is 13.4. The smallest absolute Gasteiger partial charge is 0.338 e. The Morgan fingerprint density at radius 2 is 1.92 bits per heavy atom. The molecular formula is C13H23ClN4O6S. The third kappa shape index (κ3) is 18.5. The van der Waals surface area contributed by atoms with E-state index >= 15 is 0 Å². The van der Waals surface area contributed by atoms with Gasteiger partial charge in [-0.2, -0.15) is 0 Å². The zero-order chi connectivity index (χ0) is 19.3. The molecule has 0 saturated carbocycles. The van der Waals surface area contributed by atoms with Crippen molar-refractivity contribution in [2.75, 3.05) is 26.2 Å². The van der Waals surface area contributed by atoms with Crippen molar-refractivity contribution < 1.29 is 32.4 Å². The summed E-state index contributed by atoms with van der Waals surface area (Å²) in [4.78, 5) is 2.82. The molecule has 144 valence electrons. The first kappa shape index (κ1) is 23.4. The predicted molar refractivity (Wildman–Crippen MR) is 92.0 cm³/mol. The van der Waals surface area contributed by atoms with Gasteiger partial charge >= 0.3 is 5.96 Å². The van der Waals surface area contributed by atoms with Gasteiger partial charge in [0.05, 0.1) is 6.54 Å². The van der Waals surface area contributed by atoms with E-state index in [-0.39, 0.29) is 12.6 Å². The van der Waals surface area contributed by atoms with E-state index in [2.05, 4.69) is 10.3 Å². The molecule has 10 nitrogen and oxygen atoms in total. The molecule has 0 fully saturated rings. The Morgan fingerprint density at radius 1 is 1.36 bits per heavy atom. The number of nitrogens with two attached hydrogens (primary N) is 2. The Labute approximate surface area is 151 Å². The molecule has 0 amide bonds. The molecule has 0 spiro atoms. The maximum atomic E-state index is 9.74. The van der Waals surface area contributed by atoms with Gasteiger partial charge in [-0.1, -0.05) is 11.6 Å². The van der Waals surface area contributed by atoms with Crippen molar-refractivity contribution in [1.29, 1.82) is 0 Å². The van der Waals surface area contributed by atoms with Gasteiger partial charge in [0.1, 0.15) is 18.5 Å². The van der Waals surface area contributed by atoms with Crippen LogP contribution in [0.1, 0.15) is 6.42 Å². The fourth-order valence-electron chi connectivity index (χ4n) is 1.50. The highest BCUT2D eigenvalue weighted by Gasteiger charge is 2.04. The molecule has 0 heterocycles. The zero-order valence-corrected chi connectivity index (χ0v) is 15.0. The first-order valence-electron chi connectivity index (χ1n) is 7.15. The second kappa shape index (κ2) is 12.7. The van der Waals surface area contributed by atoms with Crippen molar-refractivity contribution in [3.8, 4) is 5.75 Å². The normalized spacial score (nSPS) is 11.8. The fraction of sp³-hybridized carbons (Fsp3) is 0.462. The molecule has 0 aliphatic heterocycles. The fourth-order valence-corrected chi connectivity index (χ4v) is 1.62. The van der Waals surface area contributed by atoms with Crippen molar-refractivity contribution in [3.63, 3.8) is 0 Å². The summed E-state index contributed by atoms with van der Waals surface area (Å²) in [5.74, 6) is 0.910. The SMILES string of the molecule is NC(N)=[NH+]CCCNCC(O)COc1ccc(Cl)cc1.O=S(=O)([O-])O. The molecule has 0 radical (unpaired) electrons. The van der Waals surface area contributed by atoms with E-state index in [0.29, 0.717) is 23.9 Å². The lowest BCUT2D eigenvalue weighted by atomic mass is 10.3. The highest BCUT2D eigenvalue weighted by atomic mass is 35.5. The van der Waals surface area contributed by atoms with Crippen molar-refractivity contribution in [2.24, 2.45) is 11.5 Å². The second-order valence-electron chi connectivity index (χ2n) is 4.79. The van der Waals surface area contributed by atoms with Crippen LogP contribution in [0, 0.1) is 0 Å². The van der Waals surface area contributed by atoms with Crippen LogP contribution in [0.2, 0.25) is 5.02 Å². The van der Waals surface area contributed by atoms with Crippen LogP contribution < -0.4 is 26.5 Å². The summed E-state index contributed by atoms with van der Waals surface area (Å²) in [6.07, 6.45) is 0.299. The van der Waals surface area contributed by atoms with Crippen LogP contribution >= 0.6 is 11.6 Å². The second-order valence-corrected chi connectivity index (χ2v) is 6.08. The van der Waals surface area contributed by atoms with Gasteiger partial charge in [0.25, 0.3) is 0 Å². The summed E-state index contributed by atoms with van der Waals surface area (Å²) in [5.41, 5.74) is 10.5. The van der Waals surface area contributed by atoms with Gasteiger partial charge in [-0.3, -0.25) is 21.0 Å². The highest BCUT2D eigenvalue weighted by molar-refractivity contribution is 7.79. The average Bonchev–Trinajstić information content (AvgIpc) is 2.48. The van der Waals surface area contributed by atoms with Gasteiger partial charge < -0.3 is 19.7 Å². The molecule has 12 heteroatoms. The number of benzene rings is 1. The minimum atomic E-state index is -4.92. The molecular weight excluding hydrogens is 376 g/mol. The third-order valence-electron chi connectivity index (χ3n) is 2.50. The number of ether oxygens (including phenoxy) is 1. The molecule has 0 aliphatic rings. The number of aliphatic hydroxyl groups excluding tert-OH is 1. The summed E-state index contributed by atoms with van der Waals surface area (Å²) in [5, 5.41) is 13.5. The molecule has 1 aromatic carbocycles. The Kier molecular flexibility index (Phi) is 11.9. The van der Waals surface area contributed by atoms with Gasteiger partial charge in [0.15, 0.2) is 0 Å². The first-order valence-corrected chi connectivity index (χ1v) is 8.89. The minimum absolute atomic E-state index is 0.224. The summed E-state index contributed by atoms with van der Waals surface area (Å²) in [6, 6.07) is 7.02. The van der Waals surface area contributed by atoms with Crippen molar-refractivity contribution in [2.45, 2.75) is 12.5 Å². The summed E-state index contributed by atoms with van der Waals surface area (Å²) >= 11 is 5.77. The van der Waals surface area contributed by atoms with Crippen LogP contribution in [0.5, 0.6) is 5.75 Å². The van der Waals surface area contributed by atoms with Crippen LogP contribution in [-0.4, -0.2) is 60.9 Å². The topological polar surface area (TPSA) is 185 Å². The largest absolute Gasteiger partial charge is 0.726 e. The molecule has 1 rings (SSSR count). The lowest BCUT2D eigenvalue weighted by Gasteiger charge is -2.13. The standard InChI is InChI=1S/C13H21ClN4O2.H2O4S/c14-10-2-4-12(5-3-10)20-9-11(19)8-17-6-1-7-18-13(15)16;1-5(2,3)4/h2-5,11,17,19H,1,6-9H2,(H4,15,16,18);(H2,1,2,3,4). The molecule has 0 bridgehead atoms. The van der Waals surface area contributed by atoms with E-state index in [1.165, 1.54) is 0 Å². The lowest BCUT2D eigenvalue weighted by Crippen LogP contribution is -2.78. The summed E-state index contributed by atoms with van der Waals surface area (Å²) < 4.78 is 38.3. The molecule has 8 N–H and O–H groups in total. The maximum Gasteiger partial charge on any atom is 0.338 e. The van der Waals surface area contributed by atoms with E-state index in [4.69, 9.17) is 45.3 Å². The average molecular weight is 399 g/mol. The lowest BCUT2D eigenvalue weighted by molar-refractivity contribution is -0.459. The Bertz CT molecular complexity index is 599. The first-order chi connectivity index (χ1) is 11.6. The van der Waals surface area contributed by atoms with Gasteiger partial charge in [0.2, 0.25) is 10.4 Å². The molecule has 0 aliphatic carbocycles. The predicted octanol–water partition coefficient (Wildman–Crippen LogP) is -2.58. The van der Waals surface area contributed by atoms with Gasteiger partial charge in [0, 0.05) is 11.6 Å². The number of guanidine groups is 1. The Hall–Kier alpha value is -1.63. The number of aliphatic hydroxyl groups is 1. The number of halogens is 1. The van der Waals surface area contributed by atoms with Gasteiger partial charge in [-0.05, 0) is 37.2 Å². The summed E-state index contributed by atoms with van der Waals surface area (Å²) in [6.45, 7) is 2.16. The molecule has 0 aromatic heterocycles. The molecule has 1 unspecified atom stereocenters. The Balaban J connectivity index is 0.00000101. The quantitative estimate of drug-likeness (QED) is 0.0853. The van der Waals surface area contributed by atoms with E-state index in [1.54, 1.807) is 24.3 Å². The molecule has 25 heavy (non-hydrogen) atoms. The minimum Gasteiger partial charge on any atom is -0.726 e. The van der Waals surface area contributed by atoms with Crippen LogP contribution in [0.15, 0.2) is 24.3 Å². The van der Waals surface area contributed by atoms with Crippen LogP contribution in [0.3, 0.4) is 0 Å². The van der Waals surface area contributed by atoms with E-state index < -0.39 is 16.5 Å². The molecule has 0 saturated heterocycles. The van der Waals surface area contributed by atoms with Gasteiger partial charge in [-0.15, -0.1) is 0 Å². The number of hydrogen-bond acceptors (Lipinski definition) is 6. The van der Waals surface area contributed by atoms with Crippen LogP contribution in [0.25, 0.3) is 0 Å². The molecule has 1 atom stereocenters. The Morgan fingerprint density at radius 3 is 2.44 bits per heavy atom. The maximum absolute atomic E-state index is 9.74. The monoisotopic (exact) mass is 398 g/mol. The van der Waals surface area contributed by atoms with E-state index in [1.807, 2.05) is 0 Å².